The van der Waals surface area contributed by atoms with Crippen molar-refractivity contribution in [2.45, 2.75) is 232 Å². The Morgan fingerprint density at radius 1 is 0.472 bits per heavy atom. The maximum atomic E-state index is 12.4. The van der Waals surface area contributed by atoms with Gasteiger partial charge in [-0.3, -0.25) is 14.1 Å². The van der Waals surface area contributed by atoms with Gasteiger partial charge in [0.1, 0.15) is 6.61 Å². The van der Waals surface area contributed by atoms with Crippen LogP contribution in [-0.2, 0) is 28.2 Å². The van der Waals surface area contributed by atoms with Gasteiger partial charge in [0, 0.05) is 12.8 Å². The molecule has 0 bridgehead atoms. The molecule has 0 saturated heterocycles. The summed E-state index contributed by atoms with van der Waals surface area (Å²) in [6.07, 6.45) is 46.1. The molecule has 1 unspecified atom stereocenters. The number of hydrogen-bond acceptors (Lipinski definition) is 6. The predicted molar refractivity (Wildman–Crippen MR) is 221 cm³/mol. The van der Waals surface area contributed by atoms with Crippen LogP contribution < -0.4 is 0 Å². The maximum Gasteiger partial charge on any atom is 0.469 e. The molecule has 0 amide bonds. The van der Waals surface area contributed by atoms with E-state index in [1.807, 2.05) is 0 Å². The van der Waals surface area contributed by atoms with Crippen LogP contribution in [0.3, 0.4) is 0 Å². The Bertz CT molecular complexity index is 915. The molecular formula is C44H83O8P. The van der Waals surface area contributed by atoms with Gasteiger partial charge in [-0.05, 0) is 64.2 Å². The van der Waals surface area contributed by atoms with Gasteiger partial charge in [-0.2, -0.15) is 0 Å². The van der Waals surface area contributed by atoms with Crippen molar-refractivity contribution in [2.24, 2.45) is 0 Å². The molecule has 0 aromatic rings. The first kappa shape index (κ1) is 51.5. The molecule has 0 aliphatic carbocycles. The van der Waals surface area contributed by atoms with Crippen molar-refractivity contribution in [3.8, 4) is 0 Å². The minimum Gasteiger partial charge on any atom is -0.462 e. The molecule has 0 rings (SSSR count). The lowest BCUT2D eigenvalue weighted by Gasteiger charge is -2.18. The van der Waals surface area contributed by atoms with Gasteiger partial charge in [0.05, 0.1) is 6.61 Å². The molecule has 0 spiro atoms. The van der Waals surface area contributed by atoms with Crippen molar-refractivity contribution < 1.29 is 37.9 Å². The van der Waals surface area contributed by atoms with Gasteiger partial charge in [-0.1, -0.05) is 173 Å². The van der Waals surface area contributed by atoms with Gasteiger partial charge in [0.25, 0.3) is 0 Å². The van der Waals surface area contributed by atoms with Gasteiger partial charge in [-0.25, -0.2) is 4.57 Å². The van der Waals surface area contributed by atoms with Gasteiger partial charge >= 0.3 is 19.8 Å². The van der Waals surface area contributed by atoms with Crippen LogP contribution in [0.4, 0.5) is 0 Å². The normalized spacial score (nSPS) is 12.6. The zero-order chi connectivity index (χ0) is 38.9. The number of unbranched alkanes of at least 4 members (excludes halogenated alkanes) is 27. The Morgan fingerprint density at radius 2 is 0.792 bits per heavy atom. The van der Waals surface area contributed by atoms with Gasteiger partial charge in [-0.15, -0.1) is 0 Å². The smallest absolute Gasteiger partial charge is 0.462 e. The van der Waals surface area contributed by atoms with E-state index in [9.17, 15) is 14.2 Å². The topological polar surface area (TPSA) is 119 Å². The van der Waals surface area contributed by atoms with Crippen LogP contribution in [-0.4, -0.2) is 41.0 Å². The average molecular weight is 771 g/mol. The first-order valence-corrected chi connectivity index (χ1v) is 23.7. The molecular weight excluding hydrogens is 687 g/mol. The molecule has 2 N–H and O–H groups in total. The number of hydrogen-bond donors (Lipinski definition) is 2. The fourth-order valence-electron chi connectivity index (χ4n) is 6.36. The third-order valence-electron chi connectivity index (χ3n) is 9.69. The number of carbonyl (C=O) groups excluding carboxylic acids is 2. The van der Waals surface area contributed by atoms with E-state index in [4.69, 9.17) is 19.3 Å². The van der Waals surface area contributed by atoms with Crippen LogP contribution >= 0.6 is 7.82 Å². The van der Waals surface area contributed by atoms with E-state index in [-0.39, 0.29) is 19.4 Å². The summed E-state index contributed by atoms with van der Waals surface area (Å²) in [5.41, 5.74) is 0. The highest BCUT2D eigenvalue weighted by Crippen LogP contribution is 2.36. The second-order valence-electron chi connectivity index (χ2n) is 15.0. The Labute approximate surface area is 326 Å². The summed E-state index contributed by atoms with van der Waals surface area (Å²) in [4.78, 5) is 42.9. The lowest BCUT2D eigenvalue weighted by atomic mass is 10.1. The van der Waals surface area contributed by atoms with Crippen LogP contribution in [0, 0.1) is 0 Å². The summed E-state index contributed by atoms with van der Waals surface area (Å²) in [5.74, 6) is -0.889. The van der Waals surface area contributed by atoms with Gasteiger partial charge in [0.2, 0.25) is 0 Å². The highest BCUT2D eigenvalue weighted by Gasteiger charge is 2.22. The second-order valence-corrected chi connectivity index (χ2v) is 16.3. The Hall–Kier alpha value is -1.47. The minimum absolute atomic E-state index is 0.210. The lowest BCUT2D eigenvalue weighted by molar-refractivity contribution is -0.161. The summed E-state index contributed by atoms with van der Waals surface area (Å²) < 4.78 is 26.4. The number of ether oxygens (including phenoxy) is 2. The van der Waals surface area contributed by atoms with Crippen molar-refractivity contribution in [1.82, 2.24) is 0 Å². The molecule has 0 radical (unpaired) electrons. The summed E-state index contributed by atoms with van der Waals surface area (Å²) in [7, 11) is -4.75. The number of phosphoric acid groups is 1. The Balaban J connectivity index is 3.89. The van der Waals surface area contributed by atoms with Crippen molar-refractivity contribution in [3.63, 3.8) is 0 Å². The highest BCUT2D eigenvalue weighted by molar-refractivity contribution is 7.46. The van der Waals surface area contributed by atoms with Crippen molar-refractivity contribution in [3.05, 3.63) is 24.3 Å². The molecule has 53 heavy (non-hydrogen) atoms. The van der Waals surface area contributed by atoms with E-state index in [1.54, 1.807) is 0 Å². The summed E-state index contributed by atoms with van der Waals surface area (Å²) in [6, 6.07) is 0. The Morgan fingerprint density at radius 3 is 1.15 bits per heavy atom. The fraction of sp³-hybridized carbons (Fsp3) is 0.864. The molecule has 0 aliphatic heterocycles. The Kier molecular flexibility index (Phi) is 39.1. The molecule has 0 aromatic heterocycles. The van der Waals surface area contributed by atoms with E-state index in [2.05, 4.69) is 42.7 Å². The van der Waals surface area contributed by atoms with Crippen LogP contribution in [0.25, 0.3) is 0 Å². The zero-order valence-corrected chi connectivity index (χ0v) is 35.3. The molecule has 0 saturated carbocycles. The van der Waals surface area contributed by atoms with Crippen LogP contribution in [0.2, 0.25) is 0 Å². The molecule has 1 atom stereocenters. The first-order chi connectivity index (χ1) is 25.8. The third kappa shape index (κ3) is 43.1. The lowest BCUT2D eigenvalue weighted by Crippen LogP contribution is -2.29. The number of carbonyl (C=O) groups is 2. The van der Waals surface area contributed by atoms with Gasteiger partial charge in [0.15, 0.2) is 6.10 Å². The van der Waals surface area contributed by atoms with Crippen LogP contribution in [0.5, 0.6) is 0 Å². The van der Waals surface area contributed by atoms with Crippen LogP contribution in [0.15, 0.2) is 24.3 Å². The SMILES string of the molecule is CCCCCCCC/C=C\CCCCCCCCCCCC(=O)OC(COC(=O)CCCCCCC/C=C\CCCCCCCCC)COP(=O)(O)O. The fourth-order valence-corrected chi connectivity index (χ4v) is 6.72. The van der Waals surface area contributed by atoms with Crippen molar-refractivity contribution in [1.29, 1.82) is 0 Å². The standard InChI is InChI=1S/C44H83O8P/c1-3-5-7-9-11-13-15-17-19-21-22-23-25-27-29-31-33-35-37-39-44(46)52-42(41-51-53(47,48)49)40-50-43(45)38-36-34-32-30-28-26-24-20-18-16-14-12-10-8-6-4-2/h17,19-20,24,42H,3-16,18,21-23,25-41H2,1-2H3,(H2,47,48,49)/b19-17-,24-20-. The van der Waals surface area contributed by atoms with Crippen molar-refractivity contribution >= 4 is 19.8 Å². The first-order valence-electron chi connectivity index (χ1n) is 22.1. The largest absolute Gasteiger partial charge is 0.469 e. The molecule has 0 heterocycles. The number of allylic oxidation sites excluding steroid dienone is 4. The number of rotatable bonds is 41. The van der Waals surface area contributed by atoms with Crippen molar-refractivity contribution in [2.75, 3.05) is 13.2 Å². The van der Waals surface area contributed by atoms with E-state index in [0.717, 1.165) is 51.4 Å². The summed E-state index contributed by atoms with van der Waals surface area (Å²) >= 11 is 0. The van der Waals surface area contributed by atoms with E-state index < -0.39 is 32.5 Å². The monoisotopic (exact) mass is 771 g/mol. The zero-order valence-electron chi connectivity index (χ0n) is 34.4. The quantitative estimate of drug-likeness (QED) is 0.0273. The predicted octanol–water partition coefficient (Wildman–Crippen LogP) is 13.6. The van der Waals surface area contributed by atoms with E-state index in [1.165, 1.54) is 135 Å². The number of phosphoric ester groups is 1. The van der Waals surface area contributed by atoms with E-state index in [0.29, 0.717) is 12.8 Å². The molecule has 0 fully saturated rings. The molecule has 0 aromatic carbocycles. The molecule has 9 heteroatoms. The van der Waals surface area contributed by atoms with Gasteiger partial charge < -0.3 is 19.3 Å². The molecule has 8 nitrogen and oxygen atoms in total. The summed E-state index contributed by atoms with van der Waals surface area (Å²) in [6.45, 7) is 3.69. The highest BCUT2D eigenvalue weighted by atomic mass is 31.2. The van der Waals surface area contributed by atoms with Crippen LogP contribution in [0.1, 0.15) is 226 Å². The maximum absolute atomic E-state index is 12.4. The summed E-state index contributed by atoms with van der Waals surface area (Å²) in [5, 5.41) is 0. The van der Waals surface area contributed by atoms with E-state index >= 15 is 0 Å². The average Bonchev–Trinajstić information content (AvgIpc) is 3.13. The molecule has 0 aliphatic rings. The minimum atomic E-state index is -4.75. The second kappa shape index (κ2) is 40.2. The third-order valence-corrected chi connectivity index (χ3v) is 10.2. The number of esters is 2. The molecule has 312 valence electrons.